The average molecular weight is 347 g/mol. The second kappa shape index (κ2) is 6.17. The van der Waals surface area contributed by atoms with Crippen molar-refractivity contribution in [2.24, 2.45) is 5.92 Å². The molecule has 1 fully saturated rings. The van der Waals surface area contributed by atoms with Gasteiger partial charge in [0, 0.05) is 55.2 Å². The Kier molecular flexibility index (Phi) is 3.67. The molecule has 7 nitrogen and oxygen atoms in total. The van der Waals surface area contributed by atoms with Crippen LogP contribution in [0, 0.1) is 5.92 Å². The molecule has 4 aromatic rings. The first-order valence-corrected chi connectivity index (χ1v) is 9.04. The minimum atomic E-state index is 0.448. The van der Waals surface area contributed by atoms with E-state index >= 15 is 0 Å². The van der Waals surface area contributed by atoms with E-state index < -0.39 is 0 Å². The fourth-order valence-electron chi connectivity index (χ4n) is 4.23. The minimum Gasteiger partial charge on any atom is -0.346 e. The molecule has 4 aromatic heterocycles. The molecular weight excluding hydrogens is 326 g/mol. The van der Waals surface area contributed by atoms with E-state index in [0.29, 0.717) is 12.0 Å². The molecule has 2 atom stereocenters. The molecule has 2 unspecified atom stereocenters. The molecule has 0 bridgehead atoms. The van der Waals surface area contributed by atoms with Crippen molar-refractivity contribution in [3.05, 3.63) is 49.1 Å². The predicted molar refractivity (Wildman–Crippen MR) is 99.5 cm³/mol. The molecule has 1 N–H and O–H groups in total. The highest BCUT2D eigenvalue weighted by atomic mass is 15.2. The Morgan fingerprint density at radius 1 is 1.19 bits per heavy atom. The number of aromatic amines is 1. The molecule has 0 aliphatic carbocycles. The number of pyridine rings is 1. The zero-order valence-electron chi connectivity index (χ0n) is 14.7. The Morgan fingerprint density at radius 2 is 2.08 bits per heavy atom. The fraction of sp³-hybridized carbons (Fsp3) is 0.368. The van der Waals surface area contributed by atoms with Gasteiger partial charge in [-0.3, -0.25) is 4.90 Å². The lowest BCUT2D eigenvalue weighted by atomic mass is 9.93. The van der Waals surface area contributed by atoms with Gasteiger partial charge in [-0.05, 0) is 18.4 Å². The number of likely N-dealkylation sites (tertiary alicyclic amines) is 1. The van der Waals surface area contributed by atoms with Crippen LogP contribution < -0.4 is 0 Å². The van der Waals surface area contributed by atoms with Gasteiger partial charge in [0.25, 0.3) is 0 Å². The highest BCUT2D eigenvalue weighted by Crippen LogP contribution is 2.33. The Bertz CT molecular complexity index is 1040. The smallest absolute Gasteiger partial charge is 0.139 e. The summed E-state index contributed by atoms with van der Waals surface area (Å²) >= 11 is 0. The molecular formula is C19H21N7. The minimum absolute atomic E-state index is 0.448. The molecule has 1 saturated heterocycles. The number of fused-ring (bicyclic) bond motifs is 3. The molecule has 0 saturated carbocycles. The lowest BCUT2D eigenvalue weighted by Gasteiger charge is -2.37. The van der Waals surface area contributed by atoms with E-state index in [2.05, 4.69) is 47.4 Å². The van der Waals surface area contributed by atoms with E-state index in [1.165, 1.54) is 11.1 Å². The fourth-order valence-corrected chi connectivity index (χ4v) is 4.23. The van der Waals surface area contributed by atoms with E-state index in [-0.39, 0.29) is 0 Å². The average Bonchev–Trinajstić information content (AvgIpc) is 3.29. The molecule has 1 aliphatic rings. The summed E-state index contributed by atoms with van der Waals surface area (Å²) in [5.74, 6) is 0.535. The summed E-state index contributed by atoms with van der Waals surface area (Å²) < 4.78 is 2.36. The van der Waals surface area contributed by atoms with Gasteiger partial charge in [-0.2, -0.15) is 0 Å². The van der Waals surface area contributed by atoms with Gasteiger partial charge in [0.2, 0.25) is 0 Å². The second-order valence-corrected chi connectivity index (χ2v) is 7.20. The van der Waals surface area contributed by atoms with Crippen molar-refractivity contribution in [2.75, 3.05) is 13.1 Å². The highest BCUT2D eigenvalue weighted by molar-refractivity contribution is 6.00. The van der Waals surface area contributed by atoms with Gasteiger partial charge in [0.1, 0.15) is 17.5 Å². The summed E-state index contributed by atoms with van der Waals surface area (Å²) in [4.78, 5) is 23.0. The molecule has 0 spiro atoms. The largest absolute Gasteiger partial charge is 0.346 e. The van der Waals surface area contributed by atoms with Crippen molar-refractivity contribution in [1.82, 2.24) is 34.4 Å². The van der Waals surface area contributed by atoms with Crippen LogP contribution in [0.25, 0.3) is 22.1 Å². The molecule has 0 aromatic carbocycles. The number of rotatable bonds is 3. The number of hydrogen-bond donors (Lipinski definition) is 1. The van der Waals surface area contributed by atoms with Crippen LogP contribution in [0.5, 0.6) is 0 Å². The van der Waals surface area contributed by atoms with Crippen LogP contribution >= 0.6 is 0 Å². The maximum absolute atomic E-state index is 4.60. The number of imidazole rings is 1. The van der Waals surface area contributed by atoms with Crippen LogP contribution in [-0.2, 0) is 6.54 Å². The zero-order chi connectivity index (χ0) is 17.5. The number of H-pyrrole nitrogens is 1. The maximum Gasteiger partial charge on any atom is 0.139 e. The standard InChI is InChI=1S/C19H21N7/c1-13-9-25(10-14-6-20-11-21-7-14)5-3-17(13)26-12-24-16-8-23-19-15(18(16)26)2-4-22-19/h2,4,6-8,11-13,17H,3,5,9-10H2,1H3,(H,22,23). The predicted octanol–water partition coefficient (Wildman–Crippen LogP) is 2.79. The normalized spacial score (nSPS) is 21.6. The monoisotopic (exact) mass is 347 g/mol. The Morgan fingerprint density at radius 3 is 2.92 bits per heavy atom. The number of nitrogens with zero attached hydrogens (tertiary/aromatic N) is 6. The van der Waals surface area contributed by atoms with Crippen LogP contribution in [-0.4, -0.2) is 47.5 Å². The van der Waals surface area contributed by atoms with Crippen molar-refractivity contribution < 1.29 is 0 Å². The molecule has 5 heterocycles. The molecule has 5 rings (SSSR count). The third-order valence-corrected chi connectivity index (χ3v) is 5.44. The third-order valence-electron chi connectivity index (χ3n) is 5.44. The molecule has 132 valence electrons. The van der Waals surface area contributed by atoms with Crippen LogP contribution in [0.15, 0.2) is 43.5 Å². The Hall–Kier alpha value is -2.80. The van der Waals surface area contributed by atoms with Crippen molar-refractivity contribution in [2.45, 2.75) is 25.9 Å². The van der Waals surface area contributed by atoms with Gasteiger partial charge in [0.15, 0.2) is 0 Å². The van der Waals surface area contributed by atoms with E-state index in [9.17, 15) is 0 Å². The summed E-state index contributed by atoms with van der Waals surface area (Å²) in [6, 6.07) is 2.54. The summed E-state index contributed by atoms with van der Waals surface area (Å²) in [6.07, 6.45) is 12.3. The van der Waals surface area contributed by atoms with Gasteiger partial charge < -0.3 is 9.55 Å². The first-order chi connectivity index (χ1) is 12.8. The van der Waals surface area contributed by atoms with E-state index in [1.807, 2.05) is 31.1 Å². The summed E-state index contributed by atoms with van der Waals surface area (Å²) in [5.41, 5.74) is 4.26. The zero-order valence-corrected chi connectivity index (χ0v) is 14.7. The quantitative estimate of drug-likeness (QED) is 0.617. The molecule has 0 radical (unpaired) electrons. The number of aromatic nitrogens is 6. The summed E-state index contributed by atoms with van der Waals surface area (Å²) in [5, 5.41) is 1.15. The van der Waals surface area contributed by atoms with Gasteiger partial charge >= 0.3 is 0 Å². The van der Waals surface area contributed by atoms with Gasteiger partial charge in [-0.1, -0.05) is 6.92 Å². The lowest BCUT2D eigenvalue weighted by Crippen LogP contribution is -2.39. The van der Waals surface area contributed by atoms with E-state index in [1.54, 1.807) is 6.33 Å². The number of piperidine rings is 1. The molecule has 7 heteroatoms. The third kappa shape index (κ3) is 2.55. The second-order valence-electron chi connectivity index (χ2n) is 7.20. The molecule has 26 heavy (non-hydrogen) atoms. The summed E-state index contributed by atoms with van der Waals surface area (Å²) in [7, 11) is 0. The van der Waals surface area contributed by atoms with Crippen molar-refractivity contribution in [3.8, 4) is 0 Å². The van der Waals surface area contributed by atoms with Gasteiger partial charge in [-0.15, -0.1) is 0 Å². The number of nitrogens with one attached hydrogen (secondary N) is 1. The van der Waals surface area contributed by atoms with Crippen molar-refractivity contribution in [1.29, 1.82) is 0 Å². The Balaban J connectivity index is 1.42. The highest BCUT2D eigenvalue weighted by Gasteiger charge is 2.29. The first kappa shape index (κ1) is 15.5. The lowest BCUT2D eigenvalue weighted by molar-refractivity contribution is 0.129. The molecule has 1 aliphatic heterocycles. The van der Waals surface area contributed by atoms with Gasteiger partial charge in [-0.25, -0.2) is 19.9 Å². The van der Waals surface area contributed by atoms with Crippen LogP contribution in [0.2, 0.25) is 0 Å². The first-order valence-electron chi connectivity index (χ1n) is 9.04. The number of hydrogen-bond acceptors (Lipinski definition) is 5. The summed E-state index contributed by atoms with van der Waals surface area (Å²) in [6.45, 7) is 5.36. The van der Waals surface area contributed by atoms with Crippen molar-refractivity contribution in [3.63, 3.8) is 0 Å². The van der Waals surface area contributed by atoms with E-state index in [4.69, 9.17) is 0 Å². The van der Waals surface area contributed by atoms with Crippen LogP contribution in [0.1, 0.15) is 24.9 Å². The topological polar surface area (TPSA) is 75.5 Å². The maximum atomic E-state index is 4.60. The van der Waals surface area contributed by atoms with Gasteiger partial charge in [0.05, 0.1) is 18.0 Å². The molecule has 0 amide bonds. The van der Waals surface area contributed by atoms with Crippen molar-refractivity contribution >= 4 is 22.1 Å². The SMILES string of the molecule is CC1CN(Cc2cncnc2)CCC1n1cnc2cnc3[nH]ccc3c21. The van der Waals surface area contributed by atoms with Crippen LogP contribution in [0.4, 0.5) is 0 Å². The van der Waals surface area contributed by atoms with E-state index in [0.717, 1.165) is 42.6 Å². The van der Waals surface area contributed by atoms with Crippen LogP contribution in [0.3, 0.4) is 0 Å². The Labute approximate surface area is 151 Å².